The summed E-state index contributed by atoms with van der Waals surface area (Å²) in [5.74, 6) is 1.31. The fraction of sp³-hybridized carbons (Fsp3) is 0.190. The number of rotatable bonds is 6. The van der Waals surface area contributed by atoms with Gasteiger partial charge in [-0.1, -0.05) is 36.4 Å². The van der Waals surface area contributed by atoms with Crippen LogP contribution >= 0.6 is 11.3 Å². The van der Waals surface area contributed by atoms with Crippen LogP contribution in [0.2, 0.25) is 0 Å². The third-order valence-corrected chi connectivity index (χ3v) is 5.50. The molecule has 0 bridgehead atoms. The number of nitrogens with one attached hydrogen (secondary N) is 1. The van der Waals surface area contributed by atoms with Crippen molar-refractivity contribution < 1.29 is 19.6 Å². The maximum absolute atomic E-state index is 12.7. The minimum absolute atomic E-state index is 0.0497. The molecule has 1 aliphatic heterocycles. The Morgan fingerprint density at radius 3 is 2.67 bits per heavy atom. The second kappa shape index (κ2) is 7.82. The van der Waals surface area contributed by atoms with Crippen molar-refractivity contribution in [2.75, 3.05) is 12.1 Å². The van der Waals surface area contributed by atoms with Gasteiger partial charge in [0.2, 0.25) is 6.79 Å². The van der Waals surface area contributed by atoms with Crippen LogP contribution in [0.3, 0.4) is 0 Å². The lowest BCUT2D eigenvalue weighted by atomic mass is 10.0. The first-order valence-electron chi connectivity index (χ1n) is 8.84. The largest absolute Gasteiger partial charge is 0.454 e. The zero-order valence-electron chi connectivity index (χ0n) is 14.9. The van der Waals surface area contributed by atoms with E-state index in [0.717, 1.165) is 0 Å². The number of benzene rings is 2. The molecule has 138 valence electrons. The highest BCUT2D eigenvalue weighted by Gasteiger charge is 2.26. The lowest BCUT2D eigenvalue weighted by Crippen LogP contribution is -2.92. The number of hydrogen-bond acceptors (Lipinski definition) is 4. The second-order valence-electron chi connectivity index (χ2n) is 6.44. The molecule has 0 saturated heterocycles. The van der Waals surface area contributed by atoms with Gasteiger partial charge >= 0.3 is 0 Å². The van der Waals surface area contributed by atoms with E-state index in [1.54, 1.807) is 17.4 Å². The molecule has 0 radical (unpaired) electrons. The van der Waals surface area contributed by atoms with Crippen LogP contribution in [0.4, 0.5) is 5.69 Å². The predicted octanol–water partition coefficient (Wildman–Crippen LogP) is 3.16. The van der Waals surface area contributed by atoms with Gasteiger partial charge in [0, 0.05) is 17.3 Å². The number of ether oxygens (including phenoxy) is 2. The predicted molar refractivity (Wildman–Crippen MR) is 105 cm³/mol. The first-order chi connectivity index (χ1) is 13.2. The fourth-order valence-electron chi connectivity index (χ4n) is 3.11. The molecule has 2 heterocycles. The van der Waals surface area contributed by atoms with Crippen molar-refractivity contribution in [2.45, 2.75) is 19.0 Å². The van der Waals surface area contributed by atoms with Gasteiger partial charge in [0.15, 0.2) is 17.5 Å². The molecule has 2 atom stereocenters. The van der Waals surface area contributed by atoms with E-state index in [1.807, 2.05) is 43.3 Å². The van der Waals surface area contributed by atoms with Crippen LogP contribution in [0.15, 0.2) is 66.0 Å². The summed E-state index contributed by atoms with van der Waals surface area (Å²) in [5.41, 5.74) is 1.89. The standard InChI is InChI=1S/C21H20N2O3S/c1-14(21(24)23-16-9-10-17-18(12-16)26-13-25-17)22-20(19-8-5-11-27-19)15-6-3-2-4-7-15/h2-12,14,20,22H,13H2,1H3,(H,23,24)/p+1/t14-,20+/m0/s1. The van der Waals surface area contributed by atoms with Crippen molar-refractivity contribution in [2.24, 2.45) is 0 Å². The molecule has 3 aromatic rings. The third-order valence-electron chi connectivity index (χ3n) is 4.54. The number of amides is 1. The van der Waals surface area contributed by atoms with Gasteiger partial charge in [-0.05, 0) is 30.5 Å². The Kier molecular flexibility index (Phi) is 5.09. The summed E-state index contributed by atoms with van der Waals surface area (Å²) in [5, 5.41) is 7.14. The summed E-state index contributed by atoms with van der Waals surface area (Å²) in [6, 6.07) is 19.7. The Bertz CT molecular complexity index is 912. The van der Waals surface area contributed by atoms with Gasteiger partial charge in [-0.25, -0.2) is 0 Å². The van der Waals surface area contributed by atoms with Crippen molar-refractivity contribution in [3.8, 4) is 11.5 Å². The summed E-state index contributed by atoms with van der Waals surface area (Å²) < 4.78 is 10.7. The highest BCUT2D eigenvalue weighted by atomic mass is 32.1. The molecule has 4 rings (SSSR count). The first kappa shape index (κ1) is 17.6. The van der Waals surface area contributed by atoms with Gasteiger partial charge in [0.1, 0.15) is 6.04 Å². The number of thiophene rings is 1. The van der Waals surface area contributed by atoms with Crippen molar-refractivity contribution in [3.05, 3.63) is 76.5 Å². The average Bonchev–Trinajstić information content (AvgIpc) is 3.38. The molecule has 0 fully saturated rings. The second-order valence-corrected chi connectivity index (χ2v) is 7.42. The number of hydrogen-bond donors (Lipinski definition) is 2. The molecule has 27 heavy (non-hydrogen) atoms. The quantitative estimate of drug-likeness (QED) is 0.689. The van der Waals surface area contributed by atoms with Gasteiger partial charge < -0.3 is 20.1 Å². The highest BCUT2D eigenvalue weighted by molar-refractivity contribution is 7.10. The van der Waals surface area contributed by atoms with E-state index in [9.17, 15) is 4.79 Å². The molecule has 0 unspecified atom stereocenters. The van der Waals surface area contributed by atoms with Gasteiger partial charge in [-0.2, -0.15) is 0 Å². The zero-order valence-corrected chi connectivity index (χ0v) is 15.7. The van der Waals surface area contributed by atoms with Gasteiger partial charge in [-0.15, -0.1) is 11.3 Å². The monoisotopic (exact) mass is 381 g/mol. The van der Waals surface area contributed by atoms with Crippen LogP contribution in [-0.2, 0) is 4.79 Å². The molecule has 1 aromatic heterocycles. The fourth-order valence-corrected chi connectivity index (χ4v) is 3.94. The number of nitrogens with two attached hydrogens (primary N) is 1. The molecule has 5 nitrogen and oxygen atoms in total. The smallest absolute Gasteiger partial charge is 0.282 e. The maximum Gasteiger partial charge on any atom is 0.282 e. The molecule has 3 N–H and O–H groups in total. The summed E-state index contributed by atoms with van der Waals surface area (Å²) in [6.07, 6.45) is 0. The van der Waals surface area contributed by atoms with Crippen LogP contribution in [0.5, 0.6) is 11.5 Å². The zero-order chi connectivity index (χ0) is 18.6. The number of carbonyl (C=O) groups excluding carboxylic acids is 1. The topological polar surface area (TPSA) is 64.2 Å². The van der Waals surface area contributed by atoms with Crippen LogP contribution in [0, 0.1) is 0 Å². The molecule has 0 aliphatic carbocycles. The minimum atomic E-state index is -0.261. The molecular formula is C21H21N2O3S+. The Hall–Kier alpha value is -2.83. The molecule has 6 heteroatoms. The summed E-state index contributed by atoms with van der Waals surface area (Å²) in [4.78, 5) is 14.0. The Morgan fingerprint density at radius 1 is 1.07 bits per heavy atom. The van der Waals surface area contributed by atoms with Gasteiger partial charge in [0.25, 0.3) is 5.91 Å². The van der Waals surface area contributed by atoms with Crippen LogP contribution < -0.4 is 20.1 Å². The van der Waals surface area contributed by atoms with Gasteiger partial charge in [0.05, 0.1) is 4.88 Å². The average molecular weight is 381 g/mol. The molecule has 2 aromatic carbocycles. The van der Waals surface area contributed by atoms with E-state index < -0.39 is 0 Å². The van der Waals surface area contributed by atoms with Crippen molar-refractivity contribution in [3.63, 3.8) is 0 Å². The van der Waals surface area contributed by atoms with Crippen molar-refractivity contribution >= 4 is 22.9 Å². The molecule has 0 spiro atoms. The van der Waals surface area contributed by atoms with Crippen molar-refractivity contribution in [1.82, 2.24) is 0 Å². The van der Waals surface area contributed by atoms with E-state index in [1.165, 1.54) is 10.4 Å². The Morgan fingerprint density at radius 2 is 1.89 bits per heavy atom. The van der Waals surface area contributed by atoms with Crippen LogP contribution in [0.1, 0.15) is 23.4 Å². The van der Waals surface area contributed by atoms with E-state index in [2.05, 4.69) is 34.2 Å². The summed E-state index contributed by atoms with van der Waals surface area (Å²) in [6.45, 7) is 2.14. The van der Waals surface area contributed by atoms with Crippen LogP contribution in [0.25, 0.3) is 0 Å². The lowest BCUT2D eigenvalue weighted by molar-refractivity contribution is -0.703. The van der Waals surface area contributed by atoms with Gasteiger partial charge in [-0.3, -0.25) is 4.79 Å². The van der Waals surface area contributed by atoms with Crippen molar-refractivity contribution in [1.29, 1.82) is 0 Å². The maximum atomic E-state index is 12.7. The normalized spacial score (nSPS) is 14.6. The third kappa shape index (κ3) is 3.97. The van der Waals surface area contributed by atoms with E-state index in [4.69, 9.17) is 9.47 Å². The molecule has 0 saturated carbocycles. The lowest BCUT2D eigenvalue weighted by Gasteiger charge is -2.19. The Balaban J connectivity index is 1.47. The van der Waals surface area contributed by atoms with E-state index in [-0.39, 0.29) is 24.8 Å². The number of carbonyl (C=O) groups is 1. The minimum Gasteiger partial charge on any atom is -0.454 e. The number of quaternary nitrogens is 1. The van der Waals surface area contributed by atoms with Crippen LogP contribution in [-0.4, -0.2) is 18.7 Å². The summed E-state index contributed by atoms with van der Waals surface area (Å²) in [7, 11) is 0. The molecule has 1 amide bonds. The Labute approximate surface area is 161 Å². The highest BCUT2D eigenvalue weighted by Crippen LogP contribution is 2.34. The molecular weight excluding hydrogens is 360 g/mol. The van der Waals surface area contributed by atoms with E-state index >= 15 is 0 Å². The SMILES string of the molecule is C[C@H]([NH2+][C@H](c1ccccc1)c1cccs1)C(=O)Nc1ccc2c(c1)OCO2. The molecule has 1 aliphatic rings. The first-order valence-corrected chi connectivity index (χ1v) is 9.72. The number of anilines is 1. The summed E-state index contributed by atoms with van der Waals surface area (Å²) >= 11 is 1.70. The number of fused-ring (bicyclic) bond motifs is 1. The van der Waals surface area contributed by atoms with E-state index in [0.29, 0.717) is 17.2 Å².